The number of fused-ring (bicyclic) bond motifs is 1. The van der Waals surface area contributed by atoms with E-state index in [4.69, 9.17) is 0 Å². The zero-order valence-corrected chi connectivity index (χ0v) is 13.9. The largest absolute Gasteiger partial charge is 0.311 e. The molecule has 7 heteroatoms. The second kappa shape index (κ2) is 6.15. The number of halogens is 2. The number of hydrogen-bond donors (Lipinski definition) is 2. The first-order chi connectivity index (χ1) is 12.0. The summed E-state index contributed by atoms with van der Waals surface area (Å²) in [5.41, 5.74) is 4.07. The van der Waals surface area contributed by atoms with Crippen molar-refractivity contribution in [2.75, 3.05) is 13.1 Å². The summed E-state index contributed by atoms with van der Waals surface area (Å²) in [5, 5.41) is 10.9. The van der Waals surface area contributed by atoms with Gasteiger partial charge in [0, 0.05) is 28.8 Å². The zero-order valence-electron chi connectivity index (χ0n) is 13.9. The van der Waals surface area contributed by atoms with Crippen molar-refractivity contribution in [2.24, 2.45) is 5.92 Å². The number of aryl methyl sites for hydroxylation is 1. The highest BCUT2D eigenvalue weighted by atomic mass is 19.3. The van der Waals surface area contributed by atoms with E-state index >= 15 is 0 Å². The second-order valence-corrected chi connectivity index (χ2v) is 6.60. The summed E-state index contributed by atoms with van der Waals surface area (Å²) >= 11 is 0. The first-order valence-corrected chi connectivity index (χ1v) is 8.37. The van der Waals surface area contributed by atoms with E-state index in [-0.39, 0.29) is 13.0 Å². The smallest absolute Gasteiger partial charge is 0.263 e. The standard InChI is InChI=1S/C18H19F2N5/c1-11-15-6-12(2-3-16(15)25-24-11)17-9-22-8-14(23-17)7-13-4-5-21-10-18(13,19)20/h2-3,6,8-9,13,21H,4-5,7,10H2,1H3,(H,24,25). The molecule has 130 valence electrons. The van der Waals surface area contributed by atoms with Crippen LogP contribution in [0.5, 0.6) is 0 Å². The Morgan fingerprint density at radius 3 is 3.00 bits per heavy atom. The van der Waals surface area contributed by atoms with Crippen LogP contribution in [0.4, 0.5) is 8.78 Å². The predicted molar refractivity (Wildman–Crippen MR) is 91.5 cm³/mol. The van der Waals surface area contributed by atoms with Crippen LogP contribution < -0.4 is 5.32 Å². The number of rotatable bonds is 3. The van der Waals surface area contributed by atoms with Crippen LogP contribution >= 0.6 is 0 Å². The van der Waals surface area contributed by atoms with Crippen molar-refractivity contribution in [1.29, 1.82) is 0 Å². The maximum absolute atomic E-state index is 14.0. The Morgan fingerprint density at radius 2 is 2.16 bits per heavy atom. The van der Waals surface area contributed by atoms with Gasteiger partial charge in [-0.25, -0.2) is 13.8 Å². The minimum atomic E-state index is -2.71. The Bertz CT molecular complexity index is 905. The minimum absolute atomic E-state index is 0.239. The number of piperidine rings is 1. The lowest BCUT2D eigenvalue weighted by Gasteiger charge is -2.31. The number of alkyl halides is 2. The molecule has 0 saturated carbocycles. The van der Waals surface area contributed by atoms with Gasteiger partial charge < -0.3 is 5.32 Å². The molecule has 5 nitrogen and oxygen atoms in total. The van der Waals surface area contributed by atoms with Crippen molar-refractivity contribution < 1.29 is 8.78 Å². The highest BCUT2D eigenvalue weighted by Gasteiger charge is 2.41. The summed E-state index contributed by atoms with van der Waals surface area (Å²) in [6.07, 6.45) is 3.94. The highest BCUT2D eigenvalue weighted by Crippen LogP contribution is 2.32. The lowest BCUT2D eigenvalue weighted by atomic mass is 9.89. The van der Waals surface area contributed by atoms with Crippen LogP contribution in [0.25, 0.3) is 22.2 Å². The van der Waals surface area contributed by atoms with E-state index in [2.05, 4.69) is 25.5 Å². The summed E-state index contributed by atoms with van der Waals surface area (Å²) in [5.74, 6) is -3.40. The van der Waals surface area contributed by atoms with Gasteiger partial charge in [-0.05, 0) is 38.4 Å². The van der Waals surface area contributed by atoms with Crippen molar-refractivity contribution in [1.82, 2.24) is 25.5 Å². The first kappa shape index (κ1) is 16.1. The molecule has 0 amide bonds. The van der Waals surface area contributed by atoms with E-state index in [1.165, 1.54) is 0 Å². The number of aromatic nitrogens is 4. The number of H-pyrrole nitrogens is 1. The Labute approximate surface area is 143 Å². The average Bonchev–Trinajstić information content (AvgIpc) is 2.98. The van der Waals surface area contributed by atoms with Crippen molar-refractivity contribution in [3.63, 3.8) is 0 Å². The Morgan fingerprint density at radius 1 is 1.28 bits per heavy atom. The Kier molecular flexibility index (Phi) is 3.95. The molecule has 1 unspecified atom stereocenters. The first-order valence-electron chi connectivity index (χ1n) is 8.37. The molecule has 0 bridgehead atoms. The SMILES string of the molecule is Cc1[nH]nc2ccc(-c3cncc(CC4CCNCC4(F)F)n3)cc12. The molecule has 0 radical (unpaired) electrons. The van der Waals surface area contributed by atoms with Crippen LogP contribution in [0.1, 0.15) is 17.8 Å². The van der Waals surface area contributed by atoms with Gasteiger partial charge in [-0.1, -0.05) is 6.07 Å². The third-order valence-corrected chi connectivity index (χ3v) is 4.81. The number of benzene rings is 1. The maximum Gasteiger partial charge on any atom is 0.263 e. The van der Waals surface area contributed by atoms with Gasteiger partial charge in [0.15, 0.2) is 0 Å². The van der Waals surface area contributed by atoms with Crippen molar-refractivity contribution in [3.05, 3.63) is 42.0 Å². The van der Waals surface area contributed by atoms with Gasteiger partial charge in [0.1, 0.15) is 0 Å². The average molecular weight is 343 g/mol. The fourth-order valence-corrected chi connectivity index (χ4v) is 3.33. The molecule has 0 spiro atoms. The lowest BCUT2D eigenvalue weighted by molar-refractivity contribution is -0.0730. The topological polar surface area (TPSA) is 66.5 Å². The normalized spacial score (nSPS) is 20.0. The van der Waals surface area contributed by atoms with Crippen LogP contribution in [0.3, 0.4) is 0 Å². The molecule has 1 aliphatic heterocycles. The van der Waals surface area contributed by atoms with Crippen LogP contribution in [0, 0.1) is 12.8 Å². The molecular weight excluding hydrogens is 324 g/mol. The summed E-state index contributed by atoms with van der Waals surface area (Å²) in [6, 6.07) is 5.85. The van der Waals surface area contributed by atoms with E-state index in [1.807, 2.05) is 25.1 Å². The van der Waals surface area contributed by atoms with Gasteiger partial charge >= 0.3 is 0 Å². The molecule has 1 atom stereocenters. The lowest BCUT2D eigenvalue weighted by Crippen LogP contribution is -2.46. The number of nitrogens with one attached hydrogen (secondary N) is 2. The molecule has 1 fully saturated rings. The van der Waals surface area contributed by atoms with E-state index in [9.17, 15) is 8.78 Å². The van der Waals surface area contributed by atoms with Crippen LogP contribution in [0.15, 0.2) is 30.6 Å². The molecule has 0 aliphatic carbocycles. The molecular formula is C18H19F2N5. The van der Waals surface area contributed by atoms with Gasteiger partial charge in [-0.15, -0.1) is 0 Å². The predicted octanol–water partition coefficient (Wildman–Crippen LogP) is 3.12. The maximum atomic E-state index is 14.0. The molecule has 25 heavy (non-hydrogen) atoms. The molecule has 1 aromatic carbocycles. The van der Waals surface area contributed by atoms with Crippen LogP contribution in [-0.4, -0.2) is 39.2 Å². The zero-order chi connectivity index (χ0) is 17.4. The Hall–Kier alpha value is -2.41. The van der Waals surface area contributed by atoms with Crippen LogP contribution in [0.2, 0.25) is 0 Å². The van der Waals surface area contributed by atoms with E-state index < -0.39 is 11.8 Å². The van der Waals surface area contributed by atoms with Gasteiger partial charge in [0.05, 0.1) is 29.6 Å². The van der Waals surface area contributed by atoms with Crippen molar-refractivity contribution in [2.45, 2.75) is 25.7 Å². The van der Waals surface area contributed by atoms with Gasteiger partial charge in [-0.3, -0.25) is 10.1 Å². The third kappa shape index (κ3) is 3.11. The summed E-state index contributed by atoms with van der Waals surface area (Å²) in [7, 11) is 0. The van der Waals surface area contributed by atoms with Gasteiger partial charge in [-0.2, -0.15) is 5.10 Å². The third-order valence-electron chi connectivity index (χ3n) is 4.81. The van der Waals surface area contributed by atoms with Crippen LogP contribution in [-0.2, 0) is 6.42 Å². The molecule has 2 aromatic heterocycles. The number of aromatic amines is 1. The highest BCUT2D eigenvalue weighted by molar-refractivity contribution is 5.85. The van der Waals surface area contributed by atoms with E-state index in [0.29, 0.717) is 24.4 Å². The molecule has 3 heterocycles. The number of nitrogens with zero attached hydrogens (tertiary/aromatic N) is 3. The van der Waals surface area contributed by atoms with Gasteiger partial charge in [0.2, 0.25) is 0 Å². The summed E-state index contributed by atoms with van der Waals surface area (Å²) in [6.45, 7) is 2.31. The molecule has 3 aromatic rings. The Balaban J connectivity index is 1.63. The monoisotopic (exact) mass is 343 g/mol. The summed E-state index contributed by atoms with van der Waals surface area (Å²) in [4.78, 5) is 8.79. The van der Waals surface area contributed by atoms with Gasteiger partial charge in [0.25, 0.3) is 5.92 Å². The van der Waals surface area contributed by atoms with E-state index in [0.717, 1.165) is 22.2 Å². The quantitative estimate of drug-likeness (QED) is 0.767. The minimum Gasteiger partial charge on any atom is -0.311 e. The van der Waals surface area contributed by atoms with Crippen molar-refractivity contribution in [3.8, 4) is 11.3 Å². The molecule has 1 aliphatic rings. The fourth-order valence-electron chi connectivity index (χ4n) is 3.33. The molecule has 1 saturated heterocycles. The molecule has 2 N–H and O–H groups in total. The van der Waals surface area contributed by atoms with Crippen molar-refractivity contribution >= 4 is 10.9 Å². The van der Waals surface area contributed by atoms with E-state index in [1.54, 1.807) is 12.4 Å². The molecule has 4 rings (SSSR count). The summed E-state index contributed by atoms with van der Waals surface area (Å²) < 4.78 is 28.1. The fraction of sp³-hybridized carbons (Fsp3) is 0.389. The second-order valence-electron chi connectivity index (χ2n) is 6.60. The number of hydrogen-bond acceptors (Lipinski definition) is 4.